The van der Waals surface area contributed by atoms with Gasteiger partial charge in [-0.05, 0) is 47.7 Å². The molecular formula is C24H26FN3O2S. The highest BCUT2D eigenvalue weighted by Gasteiger charge is 2.32. The maximum absolute atomic E-state index is 13.1. The summed E-state index contributed by atoms with van der Waals surface area (Å²) in [5, 5.41) is 3.87. The van der Waals surface area contributed by atoms with Crippen molar-refractivity contribution in [2.75, 3.05) is 38.6 Å². The molecule has 1 saturated heterocycles. The average Bonchev–Trinajstić information content (AvgIpc) is 3.42. The lowest BCUT2D eigenvalue weighted by molar-refractivity contribution is -0.129. The van der Waals surface area contributed by atoms with Gasteiger partial charge in [0, 0.05) is 56.5 Å². The maximum Gasteiger partial charge on any atom is 0.261 e. The Hall–Kier alpha value is -2.93. The van der Waals surface area contributed by atoms with Gasteiger partial charge in [0.05, 0.1) is 4.88 Å². The highest BCUT2D eigenvalue weighted by molar-refractivity contribution is 7.21. The number of rotatable bonds is 6. The van der Waals surface area contributed by atoms with Crippen LogP contribution in [0.3, 0.4) is 0 Å². The van der Waals surface area contributed by atoms with Crippen LogP contribution in [0.1, 0.15) is 34.0 Å². The van der Waals surface area contributed by atoms with Gasteiger partial charge in [-0.1, -0.05) is 18.2 Å². The number of hydrogen-bond donors (Lipinski definition) is 1. The van der Waals surface area contributed by atoms with E-state index in [2.05, 4.69) is 11.4 Å². The van der Waals surface area contributed by atoms with Gasteiger partial charge in [-0.25, -0.2) is 4.39 Å². The smallest absolute Gasteiger partial charge is 0.261 e. The van der Waals surface area contributed by atoms with Crippen LogP contribution in [0.5, 0.6) is 0 Å². The molecule has 162 valence electrons. The molecule has 0 saturated carbocycles. The van der Waals surface area contributed by atoms with Crippen LogP contribution in [0.4, 0.5) is 10.1 Å². The third kappa shape index (κ3) is 4.42. The van der Waals surface area contributed by atoms with Crippen LogP contribution in [0.2, 0.25) is 0 Å². The first kappa shape index (κ1) is 21.3. The molecule has 5 nitrogen and oxygen atoms in total. The van der Waals surface area contributed by atoms with Gasteiger partial charge in [0.15, 0.2) is 0 Å². The van der Waals surface area contributed by atoms with Crippen molar-refractivity contribution >= 4 is 38.9 Å². The SMILES string of the molecule is CNC(=O)c1sc2ccccc2c1C1CCN(C(=O)CCN(C)c2ccc(F)cc2)C1. The van der Waals surface area contributed by atoms with E-state index in [-0.39, 0.29) is 23.5 Å². The number of hydrogen-bond acceptors (Lipinski definition) is 4. The maximum atomic E-state index is 13.1. The Labute approximate surface area is 185 Å². The Kier molecular flexibility index (Phi) is 6.23. The summed E-state index contributed by atoms with van der Waals surface area (Å²) < 4.78 is 14.2. The predicted octanol–water partition coefficient (Wildman–Crippen LogP) is 4.24. The summed E-state index contributed by atoms with van der Waals surface area (Å²) in [5.41, 5.74) is 1.95. The molecular weight excluding hydrogens is 413 g/mol. The molecule has 0 spiro atoms. The predicted molar refractivity (Wildman–Crippen MR) is 123 cm³/mol. The van der Waals surface area contributed by atoms with E-state index in [0.29, 0.717) is 26.1 Å². The van der Waals surface area contributed by atoms with Crippen LogP contribution in [0.25, 0.3) is 10.1 Å². The first-order chi connectivity index (χ1) is 15.0. The van der Waals surface area contributed by atoms with Gasteiger partial charge in [0.1, 0.15) is 5.82 Å². The van der Waals surface area contributed by atoms with Crippen molar-refractivity contribution in [1.82, 2.24) is 10.2 Å². The number of likely N-dealkylation sites (tertiary alicyclic amines) is 1. The lowest BCUT2D eigenvalue weighted by Gasteiger charge is -2.22. The van der Waals surface area contributed by atoms with Gasteiger partial charge < -0.3 is 15.1 Å². The summed E-state index contributed by atoms with van der Waals surface area (Å²) in [5.74, 6) is -0.0740. The molecule has 0 aliphatic carbocycles. The minimum atomic E-state index is -0.270. The highest BCUT2D eigenvalue weighted by atomic mass is 32.1. The number of nitrogens with one attached hydrogen (secondary N) is 1. The number of benzene rings is 2. The second-order valence-corrected chi connectivity index (χ2v) is 8.95. The van der Waals surface area contributed by atoms with Gasteiger partial charge in [0.2, 0.25) is 5.91 Å². The number of carbonyl (C=O) groups is 2. The number of carbonyl (C=O) groups excluding carboxylic acids is 2. The monoisotopic (exact) mass is 439 g/mol. The fourth-order valence-corrected chi connectivity index (χ4v) is 5.46. The van der Waals surface area contributed by atoms with E-state index in [1.165, 1.54) is 23.5 Å². The Balaban J connectivity index is 1.44. The Morgan fingerprint density at radius 3 is 2.68 bits per heavy atom. The number of nitrogens with zero attached hydrogens (tertiary/aromatic N) is 2. The van der Waals surface area contributed by atoms with E-state index in [1.807, 2.05) is 35.0 Å². The molecule has 1 fully saturated rings. The fourth-order valence-electron chi connectivity index (χ4n) is 4.22. The van der Waals surface area contributed by atoms with Gasteiger partial charge in [-0.3, -0.25) is 9.59 Å². The van der Waals surface area contributed by atoms with Crippen LogP contribution in [-0.2, 0) is 4.79 Å². The van der Waals surface area contributed by atoms with E-state index in [4.69, 9.17) is 0 Å². The number of thiophene rings is 1. The molecule has 2 heterocycles. The second kappa shape index (κ2) is 9.06. The van der Waals surface area contributed by atoms with Crippen molar-refractivity contribution in [3.05, 3.63) is 64.8 Å². The number of amides is 2. The molecule has 4 rings (SSSR count). The van der Waals surface area contributed by atoms with Crippen molar-refractivity contribution < 1.29 is 14.0 Å². The van der Waals surface area contributed by atoms with Gasteiger partial charge in [-0.2, -0.15) is 0 Å². The summed E-state index contributed by atoms with van der Waals surface area (Å²) in [6.07, 6.45) is 1.25. The van der Waals surface area contributed by atoms with Gasteiger partial charge >= 0.3 is 0 Å². The van der Waals surface area contributed by atoms with Crippen molar-refractivity contribution in [1.29, 1.82) is 0 Å². The lowest BCUT2D eigenvalue weighted by Crippen LogP contribution is -2.32. The van der Waals surface area contributed by atoms with E-state index >= 15 is 0 Å². The Morgan fingerprint density at radius 2 is 1.94 bits per heavy atom. The van der Waals surface area contributed by atoms with E-state index in [0.717, 1.165) is 32.6 Å². The molecule has 2 aromatic carbocycles. The summed E-state index contributed by atoms with van der Waals surface area (Å²) in [7, 11) is 3.55. The molecule has 1 atom stereocenters. The van der Waals surface area contributed by atoms with E-state index < -0.39 is 0 Å². The van der Waals surface area contributed by atoms with Crippen LogP contribution in [0, 0.1) is 5.82 Å². The Bertz CT molecular complexity index is 1100. The van der Waals surface area contributed by atoms with Crippen LogP contribution < -0.4 is 10.2 Å². The number of fused-ring (bicyclic) bond motifs is 1. The molecule has 7 heteroatoms. The zero-order chi connectivity index (χ0) is 22.0. The van der Waals surface area contributed by atoms with Crippen molar-refractivity contribution in [2.45, 2.75) is 18.8 Å². The molecule has 1 aromatic heterocycles. The summed E-state index contributed by atoms with van der Waals surface area (Å²) >= 11 is 1.52. The standard InChI is InChI=1S/C24H26FN3O2S/c1-26-24(30)23-22(19-5-3-4-6-20(19)31-23)16-11-14-28(15-16)21(29)12-13-27(2)18-9-7-17(25)8-10-18/h3-10,16H,11-15H2,1-2H3,(H,26,30). The topological polar surface area (TPSA) is 52.7 Å². The zero-order valence-electron chi connectivity index (χ0n) is 17.7. The Morgan fingerprint density at radius 1 is 1.19 bits per heavy atom. The number of anilines is 1. The molecule has 1 aliphatic heterocycles. The van der Waals surface area contributed by atoms with Crippen molar-refractivity contribution in [3.8, 4) is 0 Å². The number of halogens is 1. The lowest BCUT2D eigenvalue weighted by atomic mass is 9.95. The normalized spacial score (nSPS) is 16.0. The molecule has 1 aliphatic rings. The van der Waals surface area contributed by atoms with E-state index in [9.17, 15) is 14.0 Å². The highest BCUT2D eigenvalue weighted by Crippen LogP contribution is 2.40. The largest absolute Gasteiger partial charge is 0.374 e. The summed E-state index contributed by atoms with van der Waals surface area (Å²) in [4.78, 5) is 30.0. The van der Waals surface area contributed by atoms with Crippen molar-refractivity contribution in [2.24, 2.45) is 0 Å². The quantitative estimate of drug-likeness (QED) is 0.625. The first-order valence-corrected chi connectivity index (χ1v) is 11.3. The molecule has 0 radical (unpaired) electrons. The fraction of sp³-hybridized carbons (Fsp3) is 0.333. The van der Waals surface area contributed by atoms with Gasteiger partial charge in [-0.15, -0.1) is 11.3 Å². The minimum Gasteiger partial charge on any atom is -0.374 e. The molecule has 1 unspecified atom stereocenters. The molecule has 1 N–H and O–H groups in total. The van der Waals surface area contributed by atoms with Gasteiger partial charge in [0.25, 0.3) is 5.91 Å². The molecule has 0 bridgehead atoms. The third-order valence-electron chi connectivity index (χ3n) is 5.94. The summed E-state index contributed by atoms with van der Waals surface area (Å²) in [6, 6.07) is 14.4. The first-order valence-electron chi connectivity index (χ1n) is 10.5. The minimum absolute atomic E-state index is 0.0677. The summed E-state index contributed by atoms with van der Waals surface area (Å²) in [6.45, 7) is 1.89. The molecule has 3 aromatic rings. The van der Waals surface area contributed by atoms with Crippen molar-refractivity contribution in [3.63, 3.8) is 0 Å². The van der Waals surface area contributed by atoms with E-state index in [1.54, 1.807) is 19.2 Å². The zero-order valence-corrected chi connectivity index (χ0v) is 18.5. The van der Waals surface area contributed by atoms with Crippen LogP contribution in [-0.4, -0.2) is 50.4 Å². The van der Waals surface area contributed by atoms with Crippen LogP contribution >= 0.6 is 11.3 Å². The third-order valence-corrected chi connectivity index (χ3v) is 7.13. The molecule has 2 amide bonds. The average molecular weight is 440 g/mol. The second-order valence-electron chi connectivity index (χ2n) is 7.89. The van der Waals surface area contributed by atoms with Crippen LogP contribution in [0.15, 0.2) is 48.5 Å². The molecule has 31 heavy (non-hydrogen) atoms.